The van der Waals surface area contributed by atoms with Gasteiger partial charge in [-0.05, 0) is 19.9 Å². The molecule has 102 valence electrons. The van der Waals surface area contributed by atoms with Gasteiger partial charge in [0.15, 0.2) is 0 Å². The maximum Gasteiger partial charge on any atom is 0.226 e. The van der Waals surface area contributed by atoms with Gasteiger partial charge in [-0.3, -0.25) is 0 Å². The highest BCUT2D eigenvalue weighted by molar-refractivity contribution is 5.34. The van der Waals surface area contributed by atoms with E-state index in [0.29, 0.717) is 12.6 Å². The Bertz CT molecular complexity index is 388. The second-order valence-corrected chi connectivity index (χ2v) is 4.59. The van der Waals surface area contributed by atoms with E-state index in [9.17, 15) is 0 Å². The summed E-state index contributed by atoms with van der Waals surface area (Å²) in [6.45, 7) is 8.00. The first-order valence-corrected chi connectivity index (χ1v) is 6.12. The van der Waals surface area contributed by atoms with Gasteiger partial charge in [-0.2, -0.15) is 0 Å². The third-order valence-corrected chi connectivity index (χ3v) is 3.06. The number of aryl methyl sites for hydroxylation is 1. The van der Waals surface area contributed by atoms with Gasteiger partial charge < -0.3 is 27.4 Å². The lowest BCUT2D eigenvalue weighted by Crippen LogP contribution is -3.00. The maximum atomic E-state index is 5.14. The standard InChI is InChI=1S/C12H20N4O.ClH/c1-9-6-11(8-17-3)15-12(14-9)16-5-4-13-7-10(16)2;/h6,10,13H,4-5,7-8H2,1-3H3;1H/t10-;/m1./s1. The van der Waals surface area contributed by atoms with Crippen molar-refractivity contribution >= 4 is 5.95 Å². The van der Waals surface area contributed by atoms with Gasteiger partial charge in [-0.1, -0.05) is 0 Å². The first-order valence-electron chi connectivity index (χ1n) is 6.12. The van der Waals surface area contributed by atoms with Crippen molar-refractivity contribution in [1.29, 1.82) is 0 Å². The van der Waals surface area contributed by atoms with Crippen molar-refractivity contribution in [3.05, 3.63) is 17.5 Å². The summed E-state index contributed by atoms with van der Waals surface area (Å²) < 4.78 is 5.14. The fraction of sp³-hybridized carbons (Fsp3) is 0.667. The highest BCUT2D eigenvalue weighted by Gasteiger charge is 2.23. The third kappa shape index (κ3) is 3.54. The van der Waals surface area contributed by atoms with Gasteiger partial charge in [-0.25, -0.2) is 9.97 Å². The van der Waals surface area contributed by atoms with E-state index in [4.69, 9.17) is 4.74 Å². The zero-order valence-corrected chi connectivity index (χ0v) is 11.9. The van der Waals surface area contributed by atoms with E-state index in [0.717, 1.165) is 37.0 Å². The number of hydrogen-bond donors (Lipinski definition) is 1. The summed E-state index contributed by atoms with van der Waals surface area (Å²) in [4.78, 5) is 11.4. The Morgan fingerprint density at radius 2 is 2.28 bits per heavy atom. The minimum Gasteiger partial charge on any atom is -1.00 e. The average Bonchev–Trinajstić information content (AvgIpc) is 2.29. The summed E-state index contributed by atoms with van der Waals surface area (Å²) in [6, 6.07) is 2.47. The van der Waals surface area contributed by atoms with Crippen molar-refractivity contribution in [2.45, 2.75) is 26.5 Å². The van der Waals surface area contributed by atoms with Crippen molar-refractivity contribution in [2.75, 3.05) is 31.6 Å². The van der Waals surface area contributed by atoms with Crippen LogP contribution in [-0.2, 0) is 11.3 Å². The fourth-order valence-electron chi connectivity index (χ4n) is 2.20. The maximum absolute atomic E-state index is 5.14. The Balaban J connectivity index is 0.00000162. The largest absolute Gasteiger partial charge is 1.00 e. The number of anilines is 1. The monoisotopic (exact) mass is 272 g/mol. The van der Waals surface area contributed by atoms with Crippen LogP contribution in [0.4, 0.5) is 5.95 Å². The van der Waals surface area contributed by atoms with Crippen molar-refractivity contribution in [2.24, 2.45) is 0 Å². The molecule has 1 aromatic heterocycles. The van der Waals surface area contributed by atoms with Gasteiger partial charge >= 0.3 is 0 Å². The zero-order valence-electron chi connectivity index (χ0n) is 11.2. The average molecular weight is 273 g/mol. The quantitative estimate of drug-likeness (QED) is 0.627. The Morgan fingerprint density at radius 1 is 1.50 bits per heavy atom. The summed E-state index contributed by atoms with van der Waals surface area (Å²) in [5, 5.41) is 2.34. The molecule has 0 aromatic carbocycles. The molecule has 1 fully saturated rings. The fourth-order valence-corrected chi connectivity index (χ4v) is 2.20. The summed E-state index contributed by atoms with van der Waals surface area (Å²) in [6.07, 6.45) is 0. The molecule has 1 aliphatic rings. The Morgan fingerprint density at radius 3 is 2.94 bits per heavy atom. The van der Waals surface area contributed by atoms with Crippen LogP contribution >= 0.6 is 0 Å². The first kappa shape index (κ1) is 15.1. The predicted octanol–water partition coefficient (Wildman–Crippen LogP) is -3.29. The number of nitrogens with two attached hydrogens (primary N) is 1. The van der Waals surface area contributed by atoms with E-state index in [2.05, 4.69) is 27.1 Å². The van der Waals surface area contributed by atoms with Crippen molar-refractivity contribution in [3.8, 4) is 0 Å². The van der Waals surface area contributed by atoms with Crippen LogP contribution in [0.1, 0.15) is 18.3 Å². The molecule has 1 aliphatic heterocycles. The minimum atomic E-state index is 0. The second kappa shape index (κ2) is 6.87. The number of aromatic nitrogens is 2. The summed E-state index contributed by atoms with van der Waals surface area (Å²) in [7, 11) is 1.69. The van der Waals surface area contributed by atoms with Gasteiger partial charge in [0.05, 0.1) is 38.0 Å². The van der Waals surface area contributed by atoms with E-state index < -0.39 is 0 Å². The Hall–Kier alpha value is -0.910. The van der Waals surface area contributed by atoms with Gasteiger partial charge in [0.2, 0.25) is 5.95 Å². The Labute approximate surface area is 114 Å². The molecule has 0 spiro atoms. The number of ether oxygens (including phenoxy) is 1. The molecule has 2 heterocycles. The van der Waals surface area contributed by atoms with Crippen molar-refractivity contribution in [1.82, 2.24) is 9.97 Å². The number of piperazine rings is 1. The number of quaternary nitrogens is 1. The molecule has 0 amide bonds. The Kier molecular flexibility index (Phi) is 5.78. The van der Waals surface area contributed by atoms with Crippen LogP contribution in [-0.4, -0.2) is 42.8 Å². The number of hydrogen-bond acceptors (Lipinski definition) is 4. The van der Waals surface area contributed by atoms with Crippen LogP contribution < -0.4 is 22.6 Å². The van der Waals surface area contributed by atoms with Crippen molar-refractivity contribution in [3.63, 3.8) is 0 Å². The molecule has 5 nitrogen and oxygen atoms in total. The molecule has 1 aromatic rings. The number of rotatable bonds is 3. The molecule has 0 bridgehead atoms. The second-order valence-electron chi connectivity index (χ2n) is 4.59. The third-order valence-electron chi connectivity index (χ3n) is 3.06. The minimum absolute atomic E-state index is 0. The molecular formula is C12H21ClN4O. The van der Waals surface area contributed by atoms with Crippen LogP contribution in [0.15, 0.2) is 6.07 Å². The van der Waals surface area contributed by atoms with Gasteiger partial charge in [0, 0.05) is 12.8 Å². The van der Waals surface area contributed by atoms with Crippen LogP contribution in [0.2, 0.25) is 0 Å². The lowest BCUT2D eigenvalue weighted by molar-refractivity contribution is -0.659. The topological polar surface area (TPSA) is 54.9 Å². The van der Waals surface area contributed by atoms with Crippen LogP contribution in [0.5, 0.6) is 0 Å². The molecule has 0 aliphatic carbocycles. The van der Waals surface area contributed by atoms with E-state index in [1.807, 2.05) is 13.0 Å². The molecule has 1 atom stereocenters. The lowest BCUT2D eigenvalue weighted by atomic mass is 10.2. The molecule has 18 heavy (non-hydrogen) atoms. The van der Waals surface area contributed by atoms with Crippen LogP contribution in [0, 0.1) is 6.92 Å². The lowest BCUT2D eigenvalue weighted by Gasteiger charge is -2.31. The smallest absolute Gasteiger partial charge is 0.226 e. The normalized spacial score (nSPS) is 19.5. The molecule has 0 radical (unpaired) electrons. The number of halogens is 1. The SMILES string of the molecule is COCc1cc(C)nc(N2CC[NH2+]C[C@H]2C)n1.[Cl-]. The molecule has 0 unspecified atom stereocenters. The van der Waals surface area contributed by atoms with Crippen LogP contribution in [0.25, 0.3) is 0 Å². The summed E-state index contributed by atoms with van der Waals surface area (Å²) >= 11 is 0. The molecule has 6 heteroatoms. The van der Waals surface area contributed by atoms with E-state index in [1.165, 1.54) is 0 Å². The van der Waals surface area contributed by atoms with Crippen molar-refractivity contribution < 1.29 is 22.5 Å². The number of methoxy groups -OCH3 is 1. The zero-order chi connectivity index (χ0) is 12.3. The van der Waals surface area contributed by atoms with E-state index >= 15 is 0 Å². The van der Waals surface area contributed by atoms with Gasteiger partial charge in [-0.15, -0.1) is 0 Å². The molecule has 0 saturated carbocycles. The van der Waals surface area contributed by atoms with E-state index in [-0.39, 0.29) is 12.4 Å². The van der Waals surface area contributed by atoms with Gasteiger partial charge in [0.25, 0.3) is 0 Å². The summed E-state index contributed by atoms with van der Waals surface area (Å²) in [5.41, 5.74) is 1.96. The first-order chi connectivity index (χ1) is 8.20. The molecule has 1 saturated heterocycles. The highest BCUT2D eigenvalue weighted by Crippen LogP contribution is 2.14. The predicted molar refractivity (Wildman–Crippen MR) is 65.9 cm³/mol. The number of nitrogens with zero attached hydrogens (tertiary/aromatic N) is 3. The molecular weight excluding hydrogens is 252 g/mol. The van der Waals surface area contributed by atoms with Gasteiger partial charge in [0.1, 0.15) is 0 Å². The molecule has 2 N–H and O–H groups in total. The van der Waals surface area contributed by atoms with E-state index in [1.54, 1.807) is 7.11 Å². The summed E-state index contributed by atoms with van der Waals surface area (Å²) in [5.74, 6) is 0.845. The van der Waals surface area contributed by atoms with Crippen LogP contribution in [0.3, 0.4) is 0 Å². The highest BCUT2D eigenvalue weighted by atomic mass is 35.5. The molecule has 2 rings (SSSR count).